The number of ether oxygens (including phenoxy) is 2. The minimum Gasteiger partial charge on any atom is -0.489 e. The molecule has 5 rings (SSSR count). The van der Waals surface area contributed by atoms with Crippen LogP contribution < -0.4 is 19.6 Å². The van der Waals surface area contributed by atoms with Gasteiger partial charge in [0.1, 0.15) is 12.4 Å². The maximum atomic E-state index is 14.1. The number of aromatic nitrogens is 1. The molecule has 1 aliphatic rings. The van der Waals surface area contributed by atoms with Gasteiger partial charge in [-0.1, -0.05) is 104 Å². The molecule has 2 heterocycles. The Kier molecular flexibility index (Phi) is 10.1. The molecule has 4 aromatic rings. The second kappa shape index (κ2) is 14.0. The van der Waals surface area contributed by atoms with Crippen molar-refractivity contribution in [3.8, 4) is 5.75 Å². The highest BCUT2D eigenvalue weighted by atomic mass is 35.5. The molecule has 1 aliphatic heterocycles. The number of carbonyl (C=O) groups excluding carboxylic acids is 1. The van der Waals surface area contributed by atoms with E-state index >= 15 is 0 Å². The average molecular weight is 650 g/mol. The third-order valence-corrected chi connectivity index (χ3v) is 9.08. The highest BCUT2D eigenvalue weighted by molar-refractivity contribution is 7.07. The van der Waals surface area contributed by atoms with Crippen molar-refractivity contribution in [1.29, 1.82) is 0 Å². The van der Waals surface area contributed by atoms with Gasteiger partial charge in [0.15, 0.2) is 4.80 Å². The van der Waals surface area contributed by atoms with Crippen LogP contribution in [-0.2, 0) is 16.1 Å². The van der Waals surface area contributed by atoms with E-state index in [1.807, 2.05) is 55.5 Å². The van der Waals surface area contributed by atoms with Crippen molar-refractivity contribution in [2.24, 2.45) is 4.99 Å². The lowest BCUT2D eigenvalue weighted by Crippen LogP contribution is -2.40. The van der Waals surface area contributed by atoms with Crippen molar-refractivity contribution in [2.45, 2.75) is 59.1 Å². The molecule has 0 bridgehead atoms. The summed E-state index contributed by atoms with van der Waals surface area (Å²) < 4.78 is 13.7. The molecule has 0 amide bonds. The van der Waals surface area contributed by atoms with Gasteiger partial charge in [0, 0.05) is 0 Å². The Balaban J connectivity index is 1.57. The molecule has 0 N–H and O–H groups in total. The quantitative estimate of drug-likeness (QED) is 0.166. The average Bonchev–Trinajstić information content (AvgIpc) is 3.31. The van der Waals surface area contributed by atoms with Crippen molar-refractivity contribution in [3.05, 3.63) is 130 Å². The molecule has 6 nitrogen and oxygen atoms in total. The molecule has 0 saturated heterocycles. The fourth-order valence-corrected chi connectivity index (χ4v) is 6.48. The lowest BCUT2D eigenvalue weighted by atomic mass is 9.92. The lowest BCUT2D eigenvalue weighted by Gasteiger charge is -2.26. The Labute approximate surface area is 270 Å². The molecule has 0 aliphatic carbocycles. The van der Waals surface area contributed by atoms with Crippen LogP contribution in [0, 0.1) is 0 Å². The Morgan fingerprint density at radius 2 is 1.82 bits per heavy atom. The number of halogens is 2. The Morgan fingerprint density at radius 3 is 2.50 bits per heavy atom. The second-order valence-electron chi connectivity index (χ2n) is 10.8. The number of esters is 1. The molecule has 0 radical (unpaired) electrons. The van der Waals surface area contributed by atoms with E-state index in [9.17, 15) is 9.59 Å². The van der Waals surface area contributed by atoms with E-state index in [0.717, 1.165) is 23.1 Å². The zero-order valence-corrected chi connectivity index (χ0v) is 27.4. The Bertz CT molecular complexity index is 1890. The van der Waals surface area contributed by atoms with Gasteiger partial charge in [0.2, 0.25) is 0 Å². The third kappa shape index (κ3) is 6.85. The molecule has 0 spiro atoms. The molecule has 44 heavy (non-hydrogen) atoms. The van der Waals surface area contributed by atoms with E-state index in [-0.39, 0.29) is 12.2 Å². The molecule has 228 valence electrons. The summed E-state index contributed by atoms with van der Waals surface area (Å²) in [5.74, 6) is 0.555. The van der Waals surface area contributed by atoms with E-state index in [4.69, 9.17) is 37.7 Å². The van der Waals surface area contributed by atoms with Crippen molar-refractivity contribution < 1.29 is 14.3 Å². The molecular formula is C35H34Cl2N2O4S. The van der Waals surface area contributed by atoms with E-state index in [1.54, 1.807) is 23.6 Å². The minimum absolute atomic E-state index is 0.217. The smallest absolute Gasteiger partial charge is 0.338 e. The first kappa shape index (κ1) is 31.8. The van der Waals surface area contributed by atoms with Crippen LogP contribution in [0.15, 0.2) is 87.8 Å². The number of thiazole rings is 1. The fraction of sp³-hybridized carbons (Fsp3) is 0.286. The molecule has 9 heteroatoms. The number of rotatable bonds is 10. The fourth-order valence-electron chi connectivity index (χ4n) is 5.14. The Hall–Kier alpha value is -3.65. The van der Waals surface area contributed by atoms with Crippen LogP contribution in [0.25, 0.3) is 6.08 Å². The van der Waals surface area contributed by atoms with Gasteiger partial charge in [-0.15, -0.1) is 0 Å². The zero-order chi connectivity index (χ0) is 31.4. The summed E-state index contributed by atoms with van der Waals surface area (Å²) in [6.07, 6.45) is 3.23. The highest BCUT2D eigenvalue weighted by Gasteiger charge is 2.34. The van der Waals surface area contributed by atoms with Gasteiger partial charge >= 0.3 is 5.97 Å². The minimum atomic E-state index is -0.643. The SMILES string of the molecule is CCCC1=C(C(=O)OCC)[C@H](c2ccc(C(C)C)cc2)n2c(s/c(=C/c3cccc(OCc4ccc(Cl)c(Cl)c4)c3)c2=O)=N1. The monoisotopic (exact) mass is 648 g/mol. The van der Waals surface area contributed by atoms with Crippen molar-refractivity contribution in [1.82, 2.24) is 4.57 Å². The topological polar surface area (TPSA) is 69.9 Å². The molecule has 1 atom stereocenters. The maximum Gasteiger partial charge on any atom is 0.338 e. The first-order valence-electron chi connectivity index (χ1n) is 14.7. The number of nitrogens with zero attached hydrogens (tertiary/aromatic N) is 2. The van der Waals surface area contributed by atoms with Crippen LogP contribution in [0.1, 0.15) is 74.8 Å². The zero-order valence-electron chi connectivity index (χ0n) is 25.1. The molecule has 0 unspecified atom stereocenters. The molecular weight excluding hydrogens is 615 g/mol. The van der Waals surface area contributed by atoms with Gasteiger partial charge < -0.3 is 9.47 Å². The number of allylic oxidation sites excluding steroid dienone is 1. The summed E-state index contributed by atoms with van der Waals surface area (Å²) >= 11 is 13.5. The van der Waals surface area contributed by atoms with Crippen LogP contribution in [-0.4, -0.2) is 17.1 Å². The van der Waals surface area contributed by atoms with Crippen LogP contribution in [0.4, 0.5) is 0 Å². The Morgan fingerprint density at radius 1 is 1.05 bits per heavy atom. The number of carbonyl (C=O) groups is 1. The van der Waals surface area contributed by atoms with Crippen LogP contribution in [0.5, 0.6) is 5.75 Å². The van der Waals surface area contributed by atoms with Crippen molar-refractivity contribution in [2.75, 3.05) is 6.61 Å². The highest BCUT2D eigenvalue weighted by Crippen LogP contribution is 2.33. The van der Waals surface area contributed by atoms with E-state index in [2.05, 4.69) is 26.0 Å². The van der Waals surface area contributed by atoms with Crippen molar-refractivity contribution in [3.63, 3.8) is 0 Å². The van der Waals surface area contributed by atoms with Crippen LogP contribution >= 0.6 is 34.5 Å². The molecule has 0 saturated carbocycles. The molecule has 0 fully saturated rings. The van der Waals surface area contributed by atoms with Gasteiger partial charge in [0.05, 0.1) is 38.5 Å². The van der Waals surface area contributed by atoms with E-state index < -0.39 is 12.0 Å². The number of fused-ring (bicyclic) bond motifs is 1. The van der Waals surface area contributed by atoms with Crippen molar-refractivity contribution >= 4 is 46.6 Å². The maximum absolute atomic E-state index is 14.1. The van der Waals surface area contributed by atoms with Gasteiger partial charge in [-0.05, 0) is 71.9 Å². The first-order valence-corrected chi connectivity index (χ1v) is 16.3. The van der Waals surface area contributed by atoms with E-state index in [0.29, 0.717) is 55.3 Å². The number of hydrogen-bond acceptors (Lipinski definition) is 6. The normalized spacial score (nSPS) is 14.9. The summed E-state index contributed by atoms with van der Waals surface area (Å²) in [5, 5.41) is 0.962. The van der Waals surface area contributed by atoms with Gasteiger partial charge in [-0.2, -0.15) is 0 Å². The van der Waals surface area contributed by atoms with E-state index in [1.165, 1.54) is 16.9 Å². The number of benzene rings is 3. The molecule has 1 aromatic heterocycles. The van der Waals surface area contributed by atoms with Gasteiger partial charge in [0.25, 0.3) is 5.56 Å². The summed E-state index contributed by atoms with van der Waals surface area (Å²) in [7, 11) is 0. The summed E-state index contributed by atoms with van der Waals surface area (Å²) in [6.45, 7) is 8.64. The number of hydrogen-bond donors (Lipinski definition) is 0. The first-order chi connectivity index (χ1) is 21.2. The predicted molar refractivity (Wildman–Crippen MR) is 177 cm³/mol. The lowest BCUT2D eigenvalue weighted by molar-refractivity contribution is -0.139. The second-order valence-corrected chi connectivity index (χ2v) is 12.7. The largest absolute Gasteiger partial charge is 0.489 e. The van der Waals surface area contributed by atoms with Gasteiger partial charge in [-0.25, -0.2) is 9.79 Å². The summed E-state index contributed by atoms with van der Waals surface area (Å²) in [6, 6.07) is 20.4. The standard InChI is InChI=1S/C35H34Cl2N2O4S/c1-5-8-29-31(34(41)42-6-2)32(25-14-12-24(13-15-25)21(3)4)39-33(40)30(44-35(39)38-29)19-22-9-7-10-26(17-22)43-20-23-11-16-27(36)28(37)18-23/h7,9-19,21,32H,5-6,8,20H2,1-4H3/b30-19+/t32-/m0/s1. The third-order valence-electron chi connectivity index (χ3n) is 7.36. The van der Waals surface area contributed by atoms with Gasteiger partial charge in [-0.3, -0.25) is 9.36 Å². The van der Waals surface area contributed by atoms with Crippen LogP contribution in [0.3, 0.4) is 0 Å². The molecule has 3 aromatic carbocycles. The summed E-state index contributed by atoms with van der Waals surface area (Å²) in [5.41, 5.74) is 4.57. The predicted octanol–water partition coefficient (Wildman–Crippen LogP) is 7.59. The van der Waals surface area contributed by atoms with Crippen LogP contribution in [0.2, 0.25) is 10.0 Å². The summed E-state index contributed by atoms with van der Waals surface area (Å²) in [4.78, 5) is 32.9.